The molecule has 132 valence electrons. The molecule has 0 unspecified atom stereocenters. The summed E-state index contributed by atoms with van der Waals surface area (Å²) < 4.78 is 3.54. The van der Waals surface area contributed by atoms with Crippen LogP contribution in [0.1, 0.15) is 25.2 Å². The van der Waals surface area contributed by atoms with Gasteiger partial charge >= 0.3 is 21.1 Å². The van der Waals surface area contributed by atoms with Gasteiger partial charge in [0.25, 0.3) is 0 Å². The maximum atomic E-state index is 4.78. The van der Waals surface area contributed by atoms with E-state index in [1.807, 2.05) is 48.8 Å². The van der Waals surface area contributed by atoms with Crippen LogP contribution in [0, 0.1) is 12.7 Å². The van der Waals surface area contributed by atoms with Gasteiger partial charge in [-0.05, 0) is 26.0 Å². The second-order valence-electron chi connectivity index (χ2n) is 6.18. The molecule has 0 saturated heterocycles. The number of imidazole rings is 2. The number of nitrogens with zero attached hydrogens (tertiary/aromatic N) is 6. The Balaban J connectivity index is 0.00000196. The predicted octanol–water partition coefficient (Wildman–Crippen LogP) is 2.77. The Morgan fingerprint density at radius 2 is 1.23 bits per heavy atom. The number of rotatable bonds is 4. The molecule has 4 aromatic rings. The number of pyridine rings is 2. The average Bonchev–Trinajstić information content (AvgIpc) is 3.36. The molecule has 0 N–H and O–H groups in total. The molecule has 0 saturated carbocycles. The molecule has 0 aromatic carbocycles. The van der Waals surface area contributed by atoms with E-state index in [9.17, 15) is 0 Å². The van der Waals surface area contributed by atoms with Crippen LogP contribution in [0.15, 0.2) is 61.2 Å². The van der Waals surface area contributed by atoms with Crippen molar-refractivity contribution in [2.75, 3.05) is 0 Å². The molecule has 0 spiro atoms. The summed E-state index contributed by atoms with van der Waals surface area (Å²) in [5.74, 6) is 1.56. The summed E-state index contributed by atoms with van der Waals surface area (Å²) in [6.07, 6.45) is 12.8. The van der Waals surface area contributed by atoms with Gasteiger partial charge in [-0.25, -0.2) is 0 Å². The van der Waals surface area contributed by atoms with Crippen LogP contribution in [-0.4, -0.2) is 29.1 Å². The molecular weight excluding hydrogens is 507 g/mol. The molecule has 0 aliphatic rings. The zero-order valence-electron chi connectivity index (χ0n) is 14.3. The first-order chi connectivity index (χ1) is 12.1. The van der Waals surface area contributed by atoms with Crippen LogP contribution >= 0.6 is 0 Å². The van der Waals surface area contributed by atoms with E-state index in [0.717, 1.165) is 23.0 Å². The first-order valence-electron chi connectivity index (χ1n) is 7.92. The minimum absolute atomic E-state index is 0. The minimum Gasteiger partial charge on any atom is -0.418 e. The summed E-state index contributed by atoms with van der Waals surface area (Å²) in [5.41, 5.74) is 1.48. The fraction of sp³-hybridized carbons (Fsp3) is 0.158. The normalized spacial score (nSPS) is 11.2. The van der Waals surface area contributed by atoms with Gasteiger partial charge in [0.1, 0.15) is 0 Å². The van der Waals surface area contributed by atoms with Crippen molar-refractivity contribution >= 4 is 0 Å². The largest absolute Gasteiger partial charge is 2.00 e. The summed E-state index contributed by atoms with van der Waals surface area (Å²) in [4.78, 5) is 17.5. The molecule has 0 amide bonds. The second kappa shape index (κ2) is 7.34. The zero-order valence-corrected chi connectivity index (χ0v) is 16.5. The Morgan fingerprint density at radius 3 is 1.62 bits per heavy atom. The van der Waals surface area contributed by atoms with Gasteiger partial charge in [0.2, 0.25) is 0 Å². The molecule has 0 fully saturated rings. The first-order valence-corrected chi connectivity index (χ1v) is 7.92. The molecule has 4 aromatic heterocycles. The van der Waals surface area contributed by atoms with Crippen LogP contribution in [0.3, 0.4) is 0 Å². The van der Waals surface area contributed by atoms with E-state index in [2.05, 4.69) is 36.5 Å². The van der Waals surface area contributed by atoms with Crippen LogP contribution in [-0.2, 0) is 26.5 Å². The van der Waals surface area contributed by atoms with Gasteiger partial charge in [-0.2, -0.15) is 0 Å². The van der Waals surface area contributed by atoms with Crippen molar-refractivity contribution in [1.82, 2.24) is 29.1 Å². The topological polar surface area (TPSA) is 61.4 Å². The fourth-order valence-electron chi connectivity index (χ4n) is 2.66. The molecule has 7 heteroatoms. The third-order valence-corrected chi connectivity index (χ3v) is 4.15. The molecule has 4 rings (SSSR count). The molecule has 0 aliphatic carbocycles. The summed E-state index contributed by atoms with van der Waals surface area (Å²) >= 11 is 0. The average molecular weight is 523 g/mol. The number of hydrogen-bond donors (Lipinski definition) is 0. The van der Waals surface area contributed by atoms with Crippen molar-refractivity contribution in [3.8, 4) is 11.6 Å². The van der Waals surface area contributed by atoms with Gasteiger partial charge in [-0.3, -0.25) is 9.97 Å². The quantitative estimate of drug-likeness (QED) is 0.386. The van der Waals surface area contributed by atoms with E-state index >= 15 is 0 Å². The Hall–Kier alpha value is -2.59. The van der Waals surface area contributed by atoms with Gasteiger partial charge in [0, 0.05) is 29.5 Å². The van der Waals surface area contributed by atoms with E-state index in [1.54, 1.807) is 21.5 Å². The summed E-state index contributed by atoms with van der Waals surface area (Å²) in [6.45, 7) is 4.22. The van der Waals surface area contributed by atoms with Crippen LogP contribution < -0.4 is 0 Å². The Morgan fingerprint density at radius 1 is 0.769 bits per heavy atom. The van der Waals surface area contributed by atoms with Crippen molar-refractivity contribution < 1.29 is 21.1 Å². The van der Waals surface area contributed by atoms with Crippen molar-refractivity contribution in [3.63, 3.8) is 0 Å². The van der Waals surface area contributed by atoms with Crippen LogP contribution in [0.2, 0.25) is 0 Å². The third kappa shape index (κ3) is 3.37. The van der Waals surface area contributed by atoms with Gasteiger partial charge in [-0.1, -0.05) is 49.1 Å². The molecule has 0 bridgehead atoms. The van der Waals surface area contributed by atoms with E-state index in [1.165, 1.54) is 0 Å². The van der Waals surface area contributed by atoms with E-state index in [-0.39, 0.29) is 26.5 Å². The molecule has 4 heterocycles. The summed E-state index contributed by atoms with van der Waals surface area (Å²) in [7, 11) is 0. The van der Waals surface area contributed by atoms with Gasteiger partial charge in [-0.15, -0.1) is 0 Å². The minimum atomic E-state index is -0.368. The van der Waals surface area contributed by atoms with Crippen molar-refractivity contribution in [3.05, 3.63) is 85.2 Å². The van der Waals surface area contributed by atoms with Crippen molar-refractivity contribution in [2.24, 2.45) is 0 Å². The van der Waals surface area contributed by atoms with E-state index in [0.29, 0.717) is 0 Å². The maximum Gasteiger partial charge on any atom is 2.00 e. The van der Waals surface area contributed by atoms with E-state index in [4.69, 9.17) is 9.97 Å². The van der Waals surface area contributed by atoms with Crippen molar-refractivity contribution in [1.29, 1.82) is 0 Å². The van der Waals surface area contributed by atoms with Gasteiger partial charge < -0.3 is 19.1 Å². The Kier molecular flexibility index (Phi) is 5.14. The Bertz CT molecular complexity index is 897. The molecule has 0 radical (unpaired) electrons. The Labute approximate surface area is 166 Å². The van der Waals surface area contributed by atoms with Gasteiger partial charge in [0.05, 0.1) is 11.6 Å². The van der Waals surface area contributed by atoms with Gasteiger partial charge in [0.15, 0.2) is 0 Å². The molecule has 0 atom stereocenters. The molecular formula is C19H16N6Pt. The van der Waals surface area contributed by atoms with Crippen LogP contribution in [0.5, 0.6) is 0 Å². The third-order valence-electron chi connectivity index (χ3n) is 4.15. The summed E-state index contributed by atoms with van der Waals surface area (Å²) in [6, 6.07) is 11.9. The first kappa shape index (κ1) is 18.2. The van der Waals surface area contributed by atoms with Crippen LogP contribution in [0.25, 0.3) is 11.6 Å². The van der Waals surface area contributed by atoms with Crippen molar-refractivity contribution in [2.45, 2.75) is 19.3 Å². The predicted molar refractivity (Wildman–Crippen MR) is 92.5 cm³/mol. The monoisotopic (exact) mass is 523 g/mol. The van der Waals surface area contributed by atoms with E-state index < -0.39 is 0 Å². The summed E-state index contributed by atoms with van der Waals surface area (Å²) in [5, 5.41) is 0. The molecule has 6 nitrogen and oxygen atoms in total. The zero-order chi connectivity index (χ0) is 17.3. The maximum absolute atomic E-state index is 4.78. The van der Waals surface area contributed by atoms with Crippen LogP contribution in [0.4, 0.5) is 0 Å². The standard InChI is InChI=1S/C19H16N6.Pt/c1-19(2,15-5-3-7-17(22-15)24-11-9-20-13-24)16-6-4-8-18(23-16)25-12-10-21-14-25;/h3-12H,1-2H3;/q-2;+2. The second-order valence-corrected chi connectivity index (χ2v) is 6.18. The fourth-order valence-corrected chi connectivity index (χ4v) is 2.66. The molecule has 0 aliphatic heterocycles. The smallest absolute Gasteiger partial charge is 0.418 e. The SMILES string of the molecule is CC(C)(c1cccc(-n2[c-]ncc2)n1)c1cccc(-n2[c-]ncc2)n1.[Pt+2]. The number of hydrogen-bond acceptors (Lipinski definition) is 4. The molecule has 26 heavy (non-hydrogen) atoms. The number of aromatic nitrogens is 6.